The molecule has 0 fully saturated rings. The standard InChI is InChI=1S/C30H29N5O3S/c1-4-5-6-10-21(2)39(38)20-34-28-26(29(36)33(3)30(34)37)27(23-15-17-31-18-16-23)35(32-28)19-24-13-9-12-22-11-7-8-14-25(22)24/h5-18H,4,19-20H2,1-3H3/b6-5-,21-10+. The fourth-order valence-corrected chi connectivity index (χ4v) is 5.52. The Hall–Kier alpha value is -4.37. The molecule has 5 rings (SSSR count). The summed E-state index contributed by atoms with van der Waals surface area (Å²) in [6.45, 7) is 4.16. The maximum absolute atomic E-state index is 13.6. The van der Waals surface area contributed by atoms with Crippen LogP contribution in [0.2, 0.25) is 0 Å². The fraction of sp³-hybridized carbons (Fsp3) is 0.200. The van der Waals surface area contributed by atoms with Crippen LogP contribution in [-0.4, -0.2) is 28.1 Å². The second-order valence-corrected chi connectivity index (χ2v) is 10.8. The number of nitrogens with zero attached hydrogens (tertiary/aromatic N) is 5. The Labute approximate surface area is 228 Å². The molecule has 0 spiro atoms. The van der Waals surface area contributed by atoms with Crippen LogP contribution in [0, 0.1) is 0 Å². The Morgan fingerprint density at radius 2 is 1.77 bits per heavy atom. The van der Waals surface area contributed by atoms with Crippen LogP contribution in [0.1, 0.15) is 25.8 Å². The summed E-state index contributed by atoms with van der Waals surface area (Å²) in [4.78, 5) is 31.6. The summed E-state index contributed by atoms with van der Waals surface area (Å²) in [5.74, 6) is -0.118. The van der Waals surface area contributed by atoms with Gasteiger partial charge in [-0.1, -0.05) is 67.6 Å². The van der Waals surface area contributed by atoms with Crippen molar-refractivity contribution < 1.29 is 4.21 Å². The van der Waals surface area contributed by atoms with Crippen LogP contribution >= 0.6 is 0 Å². The lowest BCUT2D eigenvalue weighted by Crippen LogP contribution is -2.38. The molecule has 3 heterocycles. The molecule has 39 heavy (non-hydrogen) atoms. The van der Waals surface area contributed by atoms with Gasteiger partial charge in [-0.25, -0.2) is 4.79 Å². The molecule has 1 unspecified atom stereocenters. The van der Waals surface area contributed by atoms with Crippen molar-refractivity contribution in [3.8, 4) is 11.3 Å². The molecule has 8 nitrogen and oxygen atoms in total. The number of hydrogen-bond acceptors (Lipinski definition) is 5. The first-order valence-corrected chi connectivity index (χ1v) is 14.0. The van der Waals surface area contributed by atoms with E-state index in [0.29, 0.717) is 22.5 Å². The van der Waals surface area contributed by atoms with Crippen LogP contribution in [0.4, 0.5) is 0 Å². The van der Waals surface area contributed by atoms with Gasteiger partial charge in [0.25, 0.3) is 5.56 Å². The van der Waals surface area contributed by atoms with Crippen LogP contribution in [-0.2, 0) is 30.3 Å². The monoisotopic (exact) mass is 539 g/mol. The van der Waals surface area contributed by atoms with Gasteiger partial charge in [0.2, 0.25) is 0 Å². The molecule has 0 aliphatic heterocycles. The van der Waals surface area contributed by atoms with Crippen molar-refractivity contribution >= 4 is 32.6 Å². The van der Waals surface area contributed by atoms with Crippen LogP contribution in [0.25, 0.3) is 33.1 Å². The topological polar surface area (TPSA) is 91.8 Å². The van der Waals surface area contributed by atoms with E-state index >= 15 is 0 Å². The lowest BCUT2D eigenvalue weighted by molar-refractivity contribution is 0.651. The maximum Gasteiger partial charge on any atom is 0.333 e. The molecule has 0 bridgehead atoms. The van der Waals surface area contributed by atoms with E-state index in [9.17, 15) is 13.8 Å². The molecular formula is C30H29N5O3S. The zero-order valence-corrected chi connectivity index (χ0v) is 22.9. The minimum atomic E-state index is -1.50. The highest BCUT2D eigenvalue weighted by atomic mass is 32.2. The lowest BCUT2D eigenvalue weighted by Gasteiger charge is -2.10. The number of fused-ring (bicyclic) bond motifs is 2. The van der Waals surface area contributed by atoms with E-state index in [4.69, 9.17) is 5.10 Å². The molecule has 0 amide bonds. The van der Waals surface area contributed by atoms with Crippen molar-refractivity contribution in [1.29, 1.82) is 0 Å². The smallest absolute Gasteiger partial charge is 0.268 e. The molecule has 198 valence electrons. The summed E-state index contributed by atoms with van der Waals surface area (Å²) in [5.41, 5.74) is 1.54. The van der Waals surface area contributed by atoms with Gasteiger partial charge in [-0.05, 0) is 41.8 Å². The molecule has 0 N–H and O–H groups in total. The lowest BCUT2D eigenvalue weighted by atomic mass is 10.0. The van der Waals surface area contributed by atoms with E-state index in [2.05, 4.69) is 23.2 Å². The van der Waals surface area contributed by atoms with Crippen molar-refractivity contribution in [2.24, 2.45) is 7.05 Å². The zero-order valence-electron chi connectivity index (χ0n) is 22.1. The molecule has 0 aliphatic carbocycles. The number of aromatic nitrogens is 5. The van der Waals surface area contributed by atoms with E-state index in [1.165, 1.54) is 11.6 Å². The highest BCUT2D eigenvalue weighted by Gasteiger charge is 2.23. The van der Waals surface area contributed by atoms with Crippen LogP contribution in [0.5, 0.6) is 0 Å². The van der Waals surface area contributed by atoms with Gasteiger partial charge in [-0.3, -0.25) is 27.8 Å². The second kappa shape index (κ2) is 11.2. The average molecular weight is 540 g/mol. The van der Waals surface area contributed by atoms with Gasteiger partial charge in [0, 0.05) is 29.9 Å². The number of allylic oxidation sites excluding steroid dienone is 4. The highest BCUT2D eigenvalue weighted by Crippen LogP contribution is 2.28. The zero-order chi connectivity index (χ0) is 27.5. The molecule has 0 saturated heterocycles. The van der Waals surface area contributed by atoms with E-state index in [-0.39, 0.29) is 11.5 Å². The van der Waals surface area contributed by atoms with Gasteiger partial charge in [0.15, 0.2) is 5.65 Å². The molecule has 9 heteroatoms. The van der Waals surface area contributed by atoms with Crippen molar-refractivity contribution in [3.63, 3.8) is 0 Å². The number of hydrogen-bond donors (Lipinski definition) is 0. The van der Waals surface area contributed by atoms with Crippen molar-refractivity contribution in [3.05, 3.63) is 117 Å². The van der Waals surface area contributed by atoms with E-state index in [0.717, 1.165) is 32.9 Å². The molecule has 0 aliphatic rings. The summed E-state index contributed by atoms with van der Waals surface area (Å²) in [7, 11) is -0.0615. The normalized spacial score (nSPS) is 13.1. The van der Waals surface area contributed by atoms with Crippen LogP contribution in [0.15, 0.2) is 99.7 Å². The largest absolute Gasteiger partial charge is 0.333 e. The number of rotatable bonds is 8. The second-order valence-electron chi connectivity index (χ2n) is 9.24. The maximum atomic E-state index is 13.6. The van der Waals surface area contributed by atoms with Crippen LogP contribution in [0.3, 0.4) is 0 Å². The predicted molar refractivity (Wildman–Crippen MR) is 157 cm³/mol. The third-order valence-corrected chi connectivity index (χ3v) is 8.03. The van der Waals surface area contributed by atoms with Crippen molar-refractivity contribution in [1.82, 2.24) is 23.9 Å². The summed E-state index contributed by atoms with van der Waals surface area (Å²) in [6, 6.07) is 17.8. The Balaban J connectivity index is 1.74. The summed E-state index contributed by atoms with van der Waals surface area (Å²) < 4.78 is 17.4. The average Bonchev–Trinajstić information content (AvgIpc) is 3.33. The van der Waals surface area contributed by atoms with Gasteiger partial charge >= 0.3 is 5.69 Å². The molecular weight excluding hydrogens is 510 g/mol. The van der Waals surface area contributed by atoms with E-state index in [1.807, 2.05) is 55.5 Å². The minimum absolute atomic E-state index is 0.118. The molecule has 3 aromatic heterocycles. The summed E-state index contributed by atoms with van der Waals surface area (Å²) in [5, 5.41) is 7.29. The van der Waals surface area contributed by atoms with E-state index in [1.54, 1.807) is 30.1 Å². The molecule has 1 atom stereocenters. The molecule has 0 saturated carbocycles. The van der Waals surface area contributed by atoms with Gasteiger partial charge in [0.1, 0.15) is 11.3 Å². The molecule has 0 radical (unpaired) electrons. The Morgan fingerprint density at radius 3 is 2.54 bits per heavy atom. The number of pyridine rings is 1. The first kappa shape index (κ1) is 26.2. The quantitative estimate of drug-likeness (QED) is 0.266. The Bertz CT molecular complexity index is 1880. The van der Waals surface area contributed by atoms with Gasteiger partial charge in [-0.15, -0.1) is 0 Å². The third kappa shape index (κ3) is 5.05. The summed E-state index contributed by atoms with van der Waals surface area (Å²) in [6.07, 6.45) is 9.78. The SMILES string of the molecule is CC/C=C\C=C(/C)S(=O)Cn1c(=O)n(C)c(=O)c2c(-c3ccncc3)n(Cc3cccc4ccccc34)nc21. The van der Waals surface area contributed by atoms with Gasteiger partial charge in [0.05, 0.1) is 23.0 Å². The highest BCUT2D eigenvalue weighted by molar-refractivity contribution is 7.88. The number of benzene rings is 2. The fourth-order valence-electron chi connectivity index (χ4n) is 4.62. The molecule has 2 aromatic carbocycles. The van der Waals surface area contributed by atoms with Gasteiger partial charge < -0.3 is 0 Å². The van der Waals surface area contributed by atoms with Gasteiger partial charge in [-0.2, -0.15) is 5.10 Å². The molecule has 5 aromatic rings. The Morgan fingerprint density at radius 1 is 1.03 bits per heavy atom. The predicted octanol–water partition coefficient (Wildman–Crippen LogP) is 4.74. The van der Waals surface area contributed by atoms with E-state index < -0.39 is 22.0 Å². The van der Waals surface area contributed by atoms with Crippen LogP contribution < -0.4 is 11.2 Å². The Kier molecular flexibility index (Phi) is 7.51. The first-order chi connectivity index (χ1) is 18.9. The first-order valence-electron chi connectivity index (χ1n) is 12.7. The van der Waals surface area contributed by atoms with Crippen molar-refractivity contribution in [2.45, 2.75) is 32.7 Å². The van der Waals surface area contributed by atoms with Crippen molar-refractivity contribution in [2.75, 3.05) is 0 Å². The third-order valence-electron chi connectivity index (χ3n) is 6.69. The summed E-state index contributed by atoms with van der Waals surface area (Å²) >= 11 is 0. The minimum Gasteiger partial charge on any atom is -0.268 e.